The molecule has 5 aromatic rings. The molecule has 3 aromatic carbocycles. The van der Waals surface area contributed by atoms with Crippen LogP contribution in [-0.4, -0.2) is 14.4 Å². The molecule has 0 spiro atoms. The van der Waals surface area contributed by atoms with Gasteiger partial charge in [0.05, 0.1) is 27.8 Å². The van der Waals surface area contributed by atoms with Crippen LogP contribution in [0.15, 0.2) is 79.0 Å². The van der Waals surface area contributed by atoms with E-state index in [0.29, 0.717) is 15.1 Å². The summed E-state index contributed by atoms with van der Waals surface area (Å²) >= 11 is 18.9. The normalized spacial score (nSPS) is 11.2. The van der Waals surface area contributed by atoms with E-state index in [-0.39, 0.29) is 0 Å². The average Bonchev–Trinajstić information content (AvgIpc) is 3.15. The second-order valence-corrected chi connectivity index (χ2v) is 8.49. The highest BCUT2D eigenvalue weighted by molar-refractivity contribution is 6.36. The van der Waals surface area contributed by atoms with Crippen LogP contribution in [0.25, 0.3) is 39.4 Å². The van der Waals surface area contributed by atoms with Crippen molar-refractivity contribution in [3.05, 3.63) is 99.8 Å². The number of benzene rings is 3. The third-order valence-corrected chi connectivity index (χ3v) is 5.95. The van der Waals surface area contributed by atoms with E-state index in [1.807, 2.05) is 79.9 Å². The molecule has 31 heavy (non-hydrogen) atoms. The highest BCUT2D eigenvalue weighted by atomic mass is 35.5. The van der Waals surface area contributed by atoms with Crippen LogP contribution in [0, 0.1) is 6.92 Å². The van der Waals surface area contributed by atoms with E-state index in [4.69, 9.17) is 44.8 Å². The molecule has 0 N–H and O–H groups in total. The molecule has 0 saturated heterocycles. The Morgan fingerprint density at radius 2 is 1.45 bits per heavy atom. The number of aryl methyl sites for hydroxylation is 1. The van der Waals surface area contributed by atoms with E-state index in [9.17, 15) is 0 Å². The minimum Gasteiger partial charge on any atom is -0.295 e. The van der Waals surface area contributed by atoms with Crippen molar-refractivity contribution in [3.63, 3.8) is 0 Å². The minimum atomic E-state index is 0.556. The molecule has 0 aliphatic rings. The summed E-state index contributed by atoms with van der Waals surface area (Å²) < 4.78 is 2.06. The van der Waals surface area contributed by atoms with Gasteiger partial charge in [-0.25, -0.2) is 9.97 Å². The van der Waals surface area contributed by atoms with Gasteiger partial charge in [-0.3, -0.25) is 4.40 Å². The van der Waals surface area contributed by atoms with Gasteiger partial charge < -0.3 is 0 Å². The number of nitrogens with zero attached hydrogens (tertiary/aromatic N) is 3. The summed E-state index contributed by atoms with van der Waals surface area (Å²) in [7, 11) is 0. The van der Waals surface area contributed by atoms with E-state index in [2.05, 4.69) is 4.40 Å². The molecule has 0 bridgehead atoms. The topological polar surface area (TPSA) is 30.2 Å². The van der Waals surface area contributed by atoms with Gasteiger partial charge in [-0.1, -0.05) is 77.3 Å². The summed E-state index contributed by atoms with van der Waals surface area (Å²) in [4.78, 5) is 9.76. The number of aromatic nitrogens is 3. The molecule has 0 radical (unpaired) electrons. The standard InChI is InChI=1S/C25H16Cl3N3/c1-15-25-30-23(17-7-9-18(26)10-8-17)24(20-12-11-19(27)13-21(20)28)31(25)14-22(29-15)16-5-3-2-4-6-16/h2-14H,1H3. The second-order valence-electron chi connectivity index (χ2n) is 7.21. The van der Waals surface area contributed by atoms with Crippen molar-refractivity contribution < 1.29 is 0 Å². The molecule has 0 atom stereocenters. The molecule has 2 aromatic heterocycles. The van der Waals surface area contributed by atoms with E-state index in [1.54, 1.807) is 6.07 Å². The average molecular weight is 465 g/mol. The Bertz CT molecular complexity index is 1410. The number of hydrogen-bond donors (Lipinski definition) is 0. The van der Waals surface area contributed by atoms with E-state index >= 15 is 0 Å². The van der Waals surface area contributed by atoms with Crippen LogP contribution in [0.4, 0.5) is 0 Å². The Balaban J connectivity index is 1.86. The largest absolute Gasteiger partial charge is 0.295 e. The van der Waals surface area contributed by atoms with Crippen molar-refractivity contribution in [3.8, 4) is 33.8 Å². The highest BCUT2D eigenvalue weighted by Crippen LogP contribution is 2.39. The summed E-state index contributed by atoms with van der Waals surface area (Å²) in [6, 6.07) is 23.2. The summed E-state index contributed by atoms with van der Waals surface area (Å²) in [6.07, 6.45) is 2.00. The minimum absolute atomic E-state index is 0.556. The predicted molar refractivity (Wildman–Crippen MR) is 129 cm³/mol. The van der Waals surface area contributed by atoms with Gasteiger partial charge in [0, 0.05) is 32.9 Å². The molecule has 3 nitrogen and oxygen atoms in total. The predicted octanol–water partition coefficient (Wildman–Crippen LogP) is 8.00. The molecule has 0 amide bonds. The molecule has 152 valence electrons. The van der Waals surface area contributed by atoms with Crippen LogP contribution in [0.1, 0.15) is 5.69 Å². The molecular formula is C25H16Cl3N3. The fourth-order valence-corrected chi connectivity index (χ4v) is 4.32. The molecule has 0 aliphatic carbocycles. The number of rotatable bonds is 3. The van der Waals surface area contributed by atoms with Crippen molar-refractivity contribution in [1.29, 1.82) is 0 Å². The van der Waals surface area contributed by atoms with Gasteiger partial charge in [0.2, 0.25) is 0 Å². The molecular weight excluding hydrogens is 449 g/mol. The Hall–Kier alpha value is -2.85. The lowest BCUT2D eigenvalue weighted by Crippen LogP contribution is -1.97. The first kappa shape index (κ1) is 20.1. The van der Waals surface area contributed by atoms with Crippen molar-refractivity contribution in [2.24, 2.45) is 0 Å². The summed E-state index contributed by atoms with van der Waals surface area (Å²) in [5.41, 5.74) is 6.94. The number of hydrogen-bond acceptors (Lipinski definition) is 2. The maximum absolute atomic E-state index is 6.64. The van der Waals surface area contributed by atoms with Crippen LogP contribution in [-0.2, 0) is 0 Å². The van der Waals surface area contributed by atoms with Crippen LogP contribution in [0.5, 0.6) is 0 Å². The number of halogens is 3. The maximum atomic E-state index is 6.64. The molecule has 6 heteroatoms. The first-order chi connectivity index (χ1) is 15.0. The fraction of sp³-hybridized carbons (Fsp3) is 0.0400. The molecule has 2 heterocycles. The summed E-state index contributed by atoms with van der Waals surface area (Å²) in [5, 5.41) is 1.81. The van der Waals surface area contributed by atoms with Gasteiger partial charge in [0.1, 0.15) is 0 Å². The Kier molecular flexibility index (Phi) is 5.19. The molecule has 0 aliphatic heterocycles. The zero-order valence-corrected chi connectivity index (χ0v) is 18.7. The Morgan fingerprint density at radius 1 is 0.742 bits per heavy atom. The van der Waals surface area contributed by atoms with Crippen LogP contribution < -0.4 is 0 Å². The van der Waals surface area contributed by atoms with Gasteiger partial charge in [0.25, 0.3) is 0 Å². The number of imidazole rings is 1. The monoisotopic (exact) mass is 463 g/mol. The van der Waals surface area contributed by atoms with Gasteiger partial charge >= 0.3 is 0 Å². The molecule has 0 unspecified atom stereocenters. The fourth-order valence-electron chi connectivity index (χ4n) is 3.69. The van der Waals surface area contributed by atoms with E-state index in [1.165, 1.54) is 0 Å². The lowest BCUT2D eigenvalue weighted by atomic mass is 10.0. The van der Waals surface area contributed by atoms with Gasteiger partial charge in [-0.05, 0) is 37.3 Å². The van der Waals surface area contributed by atoms with Crippen molar-refractivity contribution in [1.82, 2.24) is 14.4 Å². The van der Waals surface area contributed by atoms with Crippen molar-refractivity contribution in [2.75, 3.05) is 0 Å². The highest BCUT2D eigenvalue weighted by Gasteiger charge is 2.21. The van der Waals surface area contributed by atoms with Crippen molar-refractivity contribution >= 4 is 40.4 Å². The lowest BCUT2D eigenvalue weighted by molar-refractivity contribution is 1.09. The molecule has 5 rings (SSSR count). The zero-order chi connectivity index (χ0) is 21.5. The smallest absolute Gasteiger partial charge is 0.159 e. The lowest BCUT2D eigenvalue weighted by Gasteiger charge is -2.10. The van der Waals surface area contributed by atoms with E-state index in [0.717, 1.165) is 45.1 Å². The molecule has 0 fully saturated rings. The van der Waals surface area contributed by atoms with Gasteiger partial charge in [0.15, 0.2) is 5.65 Å². The third-order valence-electron chi connectivity index (χ3n) is 5.15. The SMILES string of the molecule is Cc1nc(-c2ccccc2)cn2c(-c3ccc(Cl)cc3Cl)c(-c3ccc(Cl)cc3)nc12. The third kappa shape index (κ3) is 3.70. The van der Waals surface area contributed by atoms with Crippen molar-refractivity contribution in [2.45, 2.75) is 6.92 Å². The first-order valence-corrected chi connectivity index (χ1v) is 10.8. The quantitative estimate of drug-likeness (QED) is 0.271. The molecule has 0 saturated carbocycles. The summed E-state index contributed by atoms with van der Waals surface area (Å²) in [5.74, 6) is 0. The maximum Gasteiger partial charge on any atom is 0.159 e. The van der Waals surface area contributed by atoms with Crippen LogP contribution in [0.2, 0.25) is 15.1 Å². The van der Waals surface area contributed by atoms with Crippen LogP contribution in [0.3, 0.4) is 0 Å². The van der Waals surface area contributed by atoms with Gasteiger partial charge in [-0.15, -0.1) is 0 Å². The second kappa shape index (κ2) is 8.01. The number of fused-ring (bicyclic) bond motifs is 1. The first-order valence-electron chi connectivity index (χ1n) is 9.68. The Labute approximate surface area is 194 Å². The van der Waals surface area contributed by atoms with Crippen LogP contribution >= 0.6 is 34.8 Å². The van der Waals surface area contributed by atoms with E-state index < -0.39 is 0 Å². The summed E-state index contributed by atoms with van der Waals surface area (Å²) in [6.45, 7) is 1.97. The Morgan fingerprint density at radius 3 is 2.16 bits per heavy atom. The zero-order valence-electron chi connectivity index (χ0n) is 16.5. The van der Waals surface area contributed by atoms with Gasteiger partial charge in [-0.2, -0.15) is 0 Å².